The van der Waals surface area contributed by atoms with Crippen molar-refractivity contribution in [2.75, 3.05) is 6.61 Å². The van der Waals surface area contributed by atoms with Crippen LogP contribution in [0.1, 0.15) is 53.9 Å². The zero-order valence-corrected chi connectivity index (χ0v) is 11.8. The Kier molecular flexibility index (Phi) is 4.99. The summed E-state index contributed by atoms with van der Waals surface area (Å²) in [6, 6.07) is 0. The van der Waals surface area contributed by atoms with Gasteiger partial charge in [0.15, 0.2) is 0 Å². The van der Waals surface area contributed by atoms with E-state index in [2.05, 4.69) is 20.8 Å². The van der Waals surface area contributed by atoms with E-state index < -0.39 is 0 Å². The molecule has 1 aliphatic carbocycles. The van der Waals surface area contributed by atoms with Crippen LogP contribution in [0.15, 0.2) is 0 Å². The molecular weight excluding hydrogens is 216 g/mol. The van der Waals surface area contributed by atoms with Crippen molar-refractivity contribution in [2.24, 2.45) is 11.3 Å². The van der Waals surface area contributed by atoms with Crippen molar-refractivity contribution in [2.45, 2.75) is 66.1 Å². The van der Waals surface area contributed by atoms with Gasteiger partial charge in [-0.3, -0.25) is 4.79 Å². The number of rotatable bonds is 5. The molecule has 3 unspecified atom stereocenters. The van der Waals surface area contributed by atoms with E-state index in [-0.39, 0.29) is 18.2 Å². The lowest BCUT2D eigenvalue weighted by molar-refractivity contribution is -0.149. The van der Waals surface area contributed by atoms with Gasteiger partial charge in [0.2, 0.25) is 0 Å². The van der Waals surface area contributed by atoms with Crippen LogP contribution >= 0.6 is 0 Å². The van der Waals surface area contributed by atoms with Crippen LogP contribution in [-0.4, -0.2) is 24.8 Å². The highest BCUT2D eigenvalue weighted by Gasteiger charge is 2.34. The number of hydrogen-bond donors (Lipinski definition) is 0. The maximum Gasteiger partial charge on any atom is 0.302 e. The lowest BCUT2D eigenvalue weighted by atomic mass is 9.89. The van der Waals surface area contributed by atoms with Crippen LogP contribution in [0.5, 0.6) is 0 Å². The summed E-state index contributed by atoms with van der Waals surface area (Å²) in [5.41, 5.74) is 0.462. The molecule has 1 aliphatic rings. The Morgan fingerprint density at radius 2 is 2.06 bits per heavy atom. The van der Waals surface area contributed by atoms with E-state index in [0.29, 0.717) is 17.9 Å². The van der Waals surface area contributed by atoms with Gasteiger partial charge in [-0.2, -0.15) is 0 Å². The van der Waals surface area contributed by atoms with Gasteiger partial charge in [-0.25, -0.2) is 0 Å². The molecule has 0 saturated heterocycles. The van der Waals surface area contributed by atoms with E-state index in [1.807, 2.05) is 6.92 Å². The zero-order chi connectivity index (χ0) is 13.1. The van der Waals surface area contributed by atoms with Crippen LogP contribution in [0.4, 0.5) is 0 Å². The van der Waals surface area contributed by atoms with E-state index in [0.717, 1.165) is 0 Å². The van der Waals surface area contributed by atoms with Crippen molar-refractivity contribution in [3.8, 4) is 0 Å². The molecule has 0 aromatic carbocycles. The normalized spacial score (nSPS) is 26.5. The molecule has 3 heteroatoms. The number of ether oxygens (including phenoxy) is 2. The van der Waals surface area contributed by atoms with Gasteiger partial charge in [-0.15, -0.1) is 0 Å². The first-order valence-corrected chi connectivity index (χ1v) is 6.59. The van der Waals surface area contributed by atoms with Gasteiger partial charge < -0.3 is 9.47 Å². The fraction of sp³-hybridized carbons (Fsp3) is 0.929. The topological polar surface area (TPSA) is 35.5 Å². The molecule has 0 amide bonds. The Morgan fingerprint density at radius 1 is 1.41 bits per heavy atom. The van der Waals surface area contributed by atoms with Crippen LogP contribution in [0.2, 0.25) is 0 Å². The van der Waals surface area contributed by atoms with Crippen molar-refractivity contribution in [3.63, 3.8) is 0 Å². The molecule has 100 valence electrons. The second-order valence-corrected chi connectivity index (χ2v) is 6.13. The molecule has 0 heterocycles. The molecule has 3 atom stereocenters. The minimum atomic E-state index is -0.240. The van der Waals surface area contributed by atoms with Gasteiger partial charge in [0, 0.05) is 6.92 Å². The highest BCUT2D eigenvalue weighted by atomic mass is 16.6. The Morgan fingerprint density at radius 3 is 2.53 bits per heavy atom. The SMILES string of the molecule is CC(=O)OC(C)COC(C)C1CCC(C)(C)C1. The van der Waals surface area contributed by atoms with Crippen molar-refractivity contribution in [1.82, 2.24) is 0 Å². The Labute approximate surface area is 105 Å². The molecule has 1 saturated carbocycles. The second-order valence-electron chi connectivity index (χ2n) is 6.13. The lowest BCUT2D eigenvalue weighted by Crippen LogP contribution is -2.26. The largest absolute Gasteiger partial charge is 0.460 e. The molecule has 1 fully saturated rings. The first-order valence-electron chi connectivity index (χ1n) is 6.59. The van der Waals surface area contributed by atoms with Crippen LogP contribution < -0.4 is 0 Å². The van der Waals surface area contributed by atoms with Gasteiger partial charge in [0.1, 0.15) is 6.10 Å². The van der Waals surface area contributed by atoms with Crippen LogP contribution in [0.3, 0.4) is 0 Å². The molecule has 0 bridgehead atoms. The molecular formula is C14H26O3. The fourth-order valence-corrected chi connectivity index (χ4v) is 2.63. The van der Waals surface area contributed by atoms with Gasteiger partial charge in [0.25, 0.3) is 0 Å². The average molecular weight is 242 g/mol. The first-order chi connectivity index (χ1) is 7.80. The molecule has 0 aliphatic heterocycles. The van der Waals surface area contributed by atoms with Crippen LogP contribution in [0, 0.1) is 11.3 Å². The van der Waals surface area contributed by atoms with E-state index in [1.54, 1.807) is 0 Å². The summed E-state index contributed by atoms with van der Waals surface area (Å²) in [6.45, 7) is 10.6. The van der Waals surface area contributed by atoms with Gasteiger partial charge in [-0.1, -0.05) is 13.8 Å². The predicted molar refractivity (Wildman–Crippen MR) is 67.8 cm³/mol. The molecule has 0 aromatic heterocycles. The lowest BCUT2D eigenvalue weighted by Gasteiger charge is -2.23. The summed E-state index contributed by atoms with van der Waals surface area (Å²) < 4.78 is 10.8. The Bertz CT molecular complexity index is 260. The summed E-state index contributed by atoms with van der Waals surface area (Å²) in [6.07, 6.45) is 3.87. The third kappa shape index (κ3) is 5.07. The quantitative estimate of drug-likeness (QED) is 0.695. The number of hydrogen-bond acceptors (Lipinski definition) is 3. The van der Waals surface area contributed by atoms with Gasteiger partial charge in [0.05, 0.1) is 12.7 Å². The molecule has 0 aromatic rings. The van der Waals surface area contributed by atoms with E-state index in [1.165, 1.54) is 26.2 Å². The molecule has 0 spiro atoms. The summed E-state index contributed by atoms with van der Waals surface area (Å²) in [5.74, 6) is 0.408. The molecule has 0 radical (unpaired) electrons. The van der Waals surface area contributed by atoms with E-state index in [4.69, 9.17) is 9.47 Å². The highest BCUT2D eigenvalue weighted by Crippen LogP contribution is 2.42. The van der Waals surface area contributed by atoms with Crippen LogP contribution in [0.25, 0.3) is 0 Å². The standard InChI is InChI=1S/C14H26O3/c1-10(17-12(3)15)9-16-11(2)13-6-7-14(4,5)8-13/h10-11,13H,6-9H2,1-5H3. The summed E-state index contributed by atoms with van der Waals surface area (Å²) in [4.78, 5) is 10.8. The van der Waals surface area contributed by atoms with Crippen LogP contribution in [-0.2, 0) is 14.3 Å². The van der Waals surface area contributed by atoms with Crippen molar-refractivity contribution >= 4 is 5.97 Å². The molecule has 1 rings (SSSR count). The average Bonchev–Trinajstić information content (AvgIpc) is 2.54. The predicted octanol–water partition coefficient (Wildman–Crippen LogP) is 3.17. The third-order valence-electron chi connectivity index (χ3n) is 3.63. The van der Waals surface area contributed by atoms with E-state index >= 15 is 0 Å². The van der Waals surface area contributed by atoms with Crippen molar-refractivity contribution < 1.29 is 14.3 Å². The van der Waals surface area contributed by atoms with Gasteiger partial charge >= 0.3 is 5.97 Å². The fourth-order valence-electron chi connectivity index (χ4n) is 2.63. The smallest absolute Gasteiger partial charge is 0.302 e. The zero-order valence-electron chi connectivity index (χ0n) is 11.8. The maximum absolute atomic E-state index is 10.8. The first kappa shape index (κ1) is 14.5. The number of carbonyl (C=O) groups excluding carboxylic acids is 1. The number of carbonyl (C=O) groups is 1. The third-order valence-corrected chi connectivity index (χ3v) is 3.63. The Balaban J connectivity index is 2.26. The highest BCUT2D eigenvalue weighted by molar-refractivity contribution is 5.66. The van der Waals surface area contributed by atoms with Gasteiger partial charge in [-0.05, 0) is 44.4 Å². The minimum absolute atomic E-state index is 0.149. The molecule has 0 N–H and O–H groups in total. The summed E-state index contributed by atoms with van der Waals surface area (Å²) in [7, 11) is 0. The second kappa shape index (κ2) is 5.85. The Hall–Kier alpha value is -0.570. The monoisotopic (exact) mass is 242 g/mol. The molecule has 3 nitrogen and oxygen atoms in total. The van der Waals surface area contributed by atoms with E-state index in [9.17, 15) is 4.79 Å². The van der Waals surface area contributed by atoms with Crippen molar-refractivity contribution in [1.29, 1.82) is 0 Å². The summed E-state index contributed by atoms with van der Waals surface area (Å²) >= 11 is 0. The minimum Gasteiger partial charge on any atom is -0.460 e. The summed E-state index contributed by atoms with van der Waals surface area (Å²) in [5, 5.41) is 0. The molecule has 17 heavy (non-hydrogen) atoms. The maximum atomic E-state index is 10.8. The van der Waals surface area contributed by atoms with Crippen molar-refractivity contribution in [3.05, 3.63) is 0 Å². The number of esters is 1.